The predicted molar refractivity (Wildman–Crippen MR) is 82.7 cm³/mol. The van der Waals surface area contributed by atoms with Crippen molar-refractivity contribution in [2.75, 3.05) is 30.9 Å². The Morgan fingerprint density at radius 2 is 2.05 bits per heavy atom. The highest BCUT2D eigenvalue weighted by Crippen LogP contribution is 2.22. The van der Waals surface area contributed by atoms with Crippen molar-refractivity contribution in [2.45, 2.75) is 45.1 Å². The van der Waals surface area contributed by atoms with Gasteiger partial charge in [0, 0.05) is 24.1 Å². The second-order valence-electron chi connectivity index (χ2n) is 6.51. The summed E-state index contributed by atoms with van der Waals surface area (Å²) in [4.78, 5) is 11.4. The Morgan fingerprint density at radius 3 is 2.60 bits per heavy atom. The van der Waals surface area contributed by atoms with Crippen molar-refractivity contribution < 1.29 is 0 Å². The zero-order chi connectivity index (χ0) is 14.8. The number of anilines is 2. The number of hydrogen-bond acceptors (Lipinski definition) is 6. The number of hydrogen-bond donors (Lipinski definition) is 3. The second-order valence-corrected chi connectivity index (χ2v) is 6.51. The fourth-order valence-electron chi connectivity index (χ4n) is 2.41. The van der Waals surface area contributed by atoms with E-state index in [-0.39, 0.29) is 5.41 Å². The maximum absolute atomic E-state index is 5.49. The maximum Gasteiger partial charge on any atom is 0.145 e. The molecule has 1 unspecified atom stereocenters. The zero-order valence-corrected chi connectivity index (χ0v) is 12.9. The largest absolute Gasteiger partial charge is 0.368 e. The molecule has 1 atom stereocenters. The van der Waals surface area contributed by atoms with Crippen LogP contribution < -0.4 is 16.6 Å². The Bertz CT molecular complexity index is 453. The van der Waals surface area contributed by atoms with E-state index in [1.54, 1.807) is 0 Å². The van der Waals surface area contributed by atoms with E-state index in [1.807, 2.05) is 6.07 Å². The van der Waals surface area contributed by atoms with Crippen LogP contribution >= 0.6 is 0 Å². The summed E-state index contributed by atoms with van der Waals surface area (Å²) >= 11 is 0. The lowest BCUT2D eigenvalue weighted by Gasteiger charge is -2.22. The molecule has 0 spiro atoms. The Balaban J connectivity index is 2.10. The summed E-state index contributed by atoms with van der Waals surface area (Å²) in [6.45, 7) is 8.37. The third-order valence-corrected chi connectivity index (χ3v) is 3.74. The number of likely N-dealkylation sites (tertiary alicyclic amines) is 1. The minimum absolute atomic E-state index is 0.104. The van der Waals surface area contributed by atoms with Gasteiger partial charge in [-0.05, 0) is 26.4 Å². The molecule has 6 heteroatoms. The topological polar surface area (TPSA) is 79.1 Å². The summed E-state index contributed by atoms with van der Waals surface area (Å²) in [6.07, 6.45) is 2.51. The fraction of sp³-hybridized carbons (Fsp3) is 0.714. The molecule has 1 aromatic rings. The van der Waals surface area contributed by atoms with Crippen LogP contribution in [0.4, 0.5) is 11.6 Å². The van der Waals surface area contributed by atoms with Gasteiger partial charge < -0.3 is 15.6 Å². The molecule has 1 aromatic heterocycles. The molecule has 112 valence electrons. The number of rotatable bonds is 4. The van der Waals surface area contributed by atoms with Crippen molar-refractivity contribution in [3.8, 4) is 0 Å². The van der Waals surface area contributed by atoms with Crippen molar-refractivity contribution in [2.24, 2.45) is 5.84 Å². The van der Waals surface area contributed by atoms with Crippen LogP contribution in [0.25, 0.3) is 0 Å². The van der Waals surface area contributed by atoms with Crippen LogP contribution in [0.2, 0.25) is 0 Å². The summed E-state index contributed by atoms with van der Waals surface area (Å²) in [5.41, 5.74) is 2.51. The third-order valence-electron chi connectivity index (χ3n) is 3.74. The molecule has 0 radical (unpaired) electrons. The van der Waals surface area contributed by atoms with Crippen molar-refractivity contribution >= 4 is 11.6 Å². The average Bonchev–Trinajstić information content (AvgIpc) is 2.80. The first-order valence-electron chi connectivity index (χ1n) is 7.20. The van der Waals surface area contributed by atoms with Crippen LogP contribution in [0.1, 0.15) is 39.4 Å². The molecule has 4 N–H and O–H groups in total. The lowest BCUT2D eigenvalue weighted by atomic mass is 9.96. The molecule has 0 bridgehead atoms. The molecule has 1 aliphatic rings. The summed E-state index contributed by atoms with van der Waals surface area (Å²) in [6, 6.07) is 2.43. The highest BCUT2D eigenvalue weighted by Gasteiger charge is 2.22. The maximum atomic E-state index is 5.49. The minimum Gasteiger partial charge on any atom is -0.368 e. The van der Waals surface area contributed by atoms with Gasteiger partial charge in [0.2, 0.25) is 0 Å². The van der Waals surface area contributed by atoms with E-state index in [4.69, 9.17) is 5.84 Å². The molecule has 2 rings (SSSR count). The molecule has 0 saturated carbocycles. The number of likely N-dealkylation sites (N-methyl/N-ethyl adjacent to an activating group) is 1. The normalized spacial score (nSPS) is 20.1. The Kier molecular flexibility index (Phi) is 4.45. The number of aromatic nitrogens is 2. The van der Waals surface area contributed by atoms with Crippen LogP contribution in [0.5, 0.6) is 0 Å². The smallest absolute Gasteiger partial charge is 0.145 e. The van der Waals surface area contributed by atoms with Crippen LogP contribution in [0.15, 0.2) is 6.07 Å². The average molecular weight is 278 g/mol. The zero-order valence-electron chi connectivity index (χ0n) is 12.9. The molecular formula is C14H26N6. The van der Waals surface area contributed by atoms with Crippen molar-refractivity contribution in [1.29, 1.82) is 0 Å². The summed E-state index contributed by atoms with van der Waals surface area (Å²) in [5, 5.41) is 3.42. The Morgan fingerprint density at radius 1 is 1.35 bits per heavy atom. The van der Waals surface area contributed by atoms with E-state index in [0.29, 0.717) is 11.9 Å². The monoisotopic (exact) mass is 278 g/mol. The van der Waals surface area contributed by atoms with Gasteiger partial charge in [-0.15, -0.1) is 0 Å². The summed E-state index contributed by atoms with van der Waals surface area (Å²) in [7, 11) is 2.17. The van der Waals surface area contributed by atoms with Gasteiger partial charge in [-0.3, -0.25) is 0 Å². The van der Waals surface area contributed by atoms with Gasteiger partial charge in [0.25, 0.3) is 0 Å². The van der Waals surface area contributed by atoms with Crippen LogP contribution in [-0.4, -0.2) is 41.0 Å². The number of nitrogen functional groups attached to an aromatic ring is 1. The standard InChI is InChI=1S/C14H26N6/c1-14(2,3)13-17-11(8-12(18-13)19-15)16-9-10-6-5-7-20(10)4/h8,10H,5-7,9,15H2,1-4H3,(H2,16,17,18,19). The molecule has 0 aromatic carbocycles. The minimum atomic E-state index is -0.104. The van der Waals surface area contributed by atoms with Crippen LogP contribution in [-0.2, 0) is 5.41 Å². The number of hydrazine groups is 1. The third kappa shape index (κ3) is 3.58. The molecule has 0 aliphatic carbocycles. The van der Waals surface area contributed by atoms with Gasteiger partial charge in [-0.25, -0.2) is 15.8 Å². The predicted octanol–water partition coefficient (Wildman–Crippen LogP) is 1.57. The first-order valence-corrected chi connectivity index (χ1v) is 7.20. The van der Waals surface area contributed by atoms with Crippen molar-refractivity contribution in [3.63, 3.8) is 0 Å². The lowest BCUT2D eigenvalue weighted by molar-refractivity contribution is 0.322. The fourth-order valence-corrected chi connectivity index (χ4v) is 2.41. The van der Waals surface area contributed by atoms with E-state index in [0.717, 1.165) is 18.2 Å². The second kappa shape index (κ2) is 5.93. The van der Waals surface area contributed by atoms with E-state index < -0.39 is 0 Å². The van der Waals surface area contributed by atoms with E-state index in [9.17, 15) is 0 Å². The van der Waals surface area contributed by atoms with Crippen LogP contribution in [0, 0.1) is 0 Å². The lowest BCUT2D eigenvalue weighted by Crippen LogP contribution is -2.32. The molecular weight excluding hydrogens is 252 g/mol. The van der Waals surface area contributed by atoms with Gasteiger partial charge in [0.15, 0.2) is 0 Å². The number of nitrogens with two attached hydrogens (primary N) is 1. The highest BCUT2D eigenvalue weighted by atomic mass is 15.3. The van der Waals surface area contributed by atoms with Gasteiger partial charge in [0.1, 0.15) is 17.5 Å². The van der Waals surface area contributed by atoms with E-state index in [1.165, 1.54) is 19.4 Å². The molecule has 1 saturated heterocycles. The summed E-state index contributed by atoms with van der Waals surface area (Å²) < 4.78 is 0. The highest BCUT2D eigenvalue weighted by molar-refractivity contribution is 5.47. The number of nitrogens with zero attached hydrogens (tertiary/aromatic N) is 3. The van der Waals surface area contributed by atoms with E-state index >= 15 is 0 Å². The van der Waals surface area contributed by atoms with Crippen molar-refractivity contribution in [3.05, 3.63) is 11.9 Å². The van der Waals surface area contributed by atoms with Crippen molar-refractivity contribution in [1.82, 2.24) is 14.9 Å². The first-order chi connectivity index (χ1) is 9.40. The molecule has 1 aliphatic heterocycles. The number of nitrogens with one attached hydrogen (secondary N) is 2. The molecule has 1 fully saturated rings. The van der Waals surface area contributed by atoms with Gasteiger partial charge in [-0.2, -0.15) is 0 Å². The molecule has 0 amide bonds. The first kappa shape index (κ1) is 15.0. The molecule has 6 nitrogen and oxygen atoms in total. The van der Waals surface area contributed by atoms with Gasteiger partial charge in [0.05, 0.1) is 0 Å². The quantitative estimate of drug-likeness (QED) is 0.573. The Labute approximate surface area is 121 Å². The summed E-state index contributed by atoms with van der Waals surface area (Å²) in [5.74, 6) is 7.76. The molecule has 20 heavy (non-hydrogen) atoms. The van der Waals surface area contributed by atoms with Crippen LogP contribution in [0.3, 0.4) is 0 Å². The van der Waals surface area contributed by atoms with Gasteiger partial charge >= 0.3 is 0 Å². The Hall–Kier alpha value is -1.40. The molecule has 2 heterocycles. The van der Waals surface area contributed by atoms with E-state index in [2.05, 4.69) is 53.4 Å². The SMILES string of the molecule is CN1CCCC1CNc1cc(NN)nc(C(C)(C)C)n1. The van der Waals surface area contributed by atoms with Gasteiger partial charge in [-0.1, -0.05) is 20.8 Å².